The Morgan fingerprint density at radius 2 is 2.43 bits per heavy atom. The summed E-state index contributed by atoms with van der Waals surface area (Å²) in [6.45, 7) is 4.26. The van der Waals surface area contributed by atoms with Crippen molar-refractivity contribution in [2.45, 2.75) is 26.4 Å². The van der Waals surface area contributed by atoms with Crippen molar-refractivity contribution in [2.75, 3.05) is 11.9 Å². The summed E-state index contributed by atoms with van der Waals surface area (Å²) in [5.74, 6) is 0.288. The van der Waals surface area contributed by atoms with E-state index in [0.29, 0.717) is 6.54 Å². The van der Waals surface area contributed by atoms with Gasteiger partial charge in [0.15, 0.2) is 5.82 Å². The number of rotatable bonds is 4. The minimum Gasteiger partial charge on any atom is -0.394 e. The van der Waals surface area contributed by atoms with Crippen molar-refractivity contribution in [3.63, 3.8) is 0 Å². The van der Waals surface area contributed by atoms with E-state index in [9.17, 15) is 4.79 Å². The molecule has 0 fully saturated rings. The molecule has 0 amide bonds. The van der Waals surface area contributed by atoms with E-state index >= 15 is 0 Å². The first-order valence-corrected chi connectivity index (χ1v) is 4.61. The van der Waals surface area contributed by atoms with Crippen LogP contribution in [0, 0.1) is 0 Å². The van der Waals surface area contributed by atoms with Crippen LogP contribution in [-0.4, -0.2) is 27.3 Å². The highest BCUT2D eigenvalue weighted by Gasteiger charge is 2.06. The first kappa shape index (κ1) is 10.7. The molecule has 0 aliphatic carbocycles. The van der Waals surface area contributed by atoms with Gasteiger partial charge in [0.2, 0.25) is 0 Å². The number of aryl methyl sites for hydroxylation is 1. The van der Waals surface area contributed by atoms with Crippen LogP contribution < -0.4 is 10.9 Å². The van der Waals surface area contributed by atoms with Crippen LogP contribution in [0.15, 0.2) is 17.2 Å². The quantitative estimate of drug-likeness (QED) is 0.716. The normalized spacial score (nSPS) is 12.5. The van der Waals surface area contributed by atoms with Gasteiger partial charge >= 0.3 is 0 Å². The molecule has 0 saturated heterocycles. The monoisotopic (exact) mass is 197 g/mol. The first-order valence-electron chi connectivity index (χ1n) is 4.61. The Balaban J connectivity index is 2.93. The van der Waals surface area contributed by atoms with Crippen LogP contribution in [0.2, 0.25) is 0 Å². The topological polar surface area (TPSA) is 67.2 Å². The largest absolute Gasteiger partial charge is 0.394 e. The summed E-state index contributed by atoms with van der Waals surface area (Å²) in [6, 6.07) is -0.164. The van der Waals surface area contributed by atoms with E-state index in [2.05, 4.69) is 10.3 Å². The van der Waals surface area contributed by atoms with E-state index in [-0.39, 0.29) is 24.0 Å². The summed E-state index contributed by atoms with van der Waals surface area (Å²) in [6.07, 6.45) is 3.20. The predicted octanol–water partition coefficient (Wildman–Crippen LogP) is 0.0559. The van der Waals surface area contributed by atoms with Gasteiger partial charge in [-0.05, 0) is 13.8 Å². The summed E-state index contributed by atoms with van der Waals surface area (Å²) in [5, 5.41) is 11.7. The maximum atomic E-state index is 11.6. The fraction of sp³-hybridized carbons (Fsp3) is 0.556. The van der Waals surface area contributed by atoms with E-state index in [4.69, 9.17) is 5.11 Å². The summed E-state index contributed by atoms with van der Waals surface area (Å²) < 4.78 is 1.55. The molecule has 5 heteroatoms. The fourth-order valence-corrected chi connectivity index (χ4v) is 1.07. The van der Waals surface area contributed by atoms with Crippen LogP contribution in [-0.2, 0) is 6.54 Å². The standard InChI is InChI=1S/C9H15N3O2/c1-3-12-5-4-10-8(9(12)14)11-7(2)6-13/h4-5,7,13H,3,6H2,1-2H3,(H,10,11)/t7-/m0/s1. The SMILES string of the molecule is CCn1ccnc(N[C@@H](C)CO)c1=O. The van der Waals surface area contributed by atoms with Crippen LogP contribution in [0.25, 0.3) is 0 Å². The molecule has 5 nitrogen and oxygen atoms in total. The number of aliphatic hydroxyl groups is 1. The second-order valence-corrected chi connectivity index (χ2v) is 3.09. The van der Waals surface area contributed by atoms with E-state index in [0.717, 1.165) is 0 Å². The first-order chi connectivity index (χ1) is 6.69. The van der Waals surface area contributed by atoms with Crippen molar-refractivity contribution in [3.05, 3.63) is 22.7 Å². The van der Waals surface area contributed by atoms with E-state index in [1.54, 1.807) is 23.9 Å². The molecule has 2 N–H and O–H groups in total. The van der Waals surface area contributed by atoms with Gasteiger partial charge in [-0.3, -0.25) is 4.79 Å². The van der Waals surface area contributed by atoms with Gasteiger partial charge < -0.3 is 15.0 Å². The van der Waals surface area contributed by atoms with Gasteiger partial charge in [-0.1, -0.05) is 0 Å². The second kappa shape index (κ2) is 4.76. The van der Waals surface area contributed by atoms with E-state index in [1.165, 1.54) is 0 Å². The molecule has 0 bridgehead atoms. The zero-order valence-corrected chi connectivity index (χ0v) is 8.40. The Bertz CT molecular complexity index is 348. The molecular formula is C9H15N3O2. The van der Waals surface area contributed by atoms with Crippen molar-refractivity contribution in [1.29, 1.82) is 0 Å². The molecular weight excluding hydrogens is 182 g/mol. The minimum atomic E-state index is -0.164. The Kier molecular flexibility index (Phi) is 3.64. The van der Waals surface area contributed by atoms with Crippen molar-refractivity contribution in [2.24, 2.45) is 0 Å². The number of hydrogen-bond acceptors (Lipinski definition) is 4. The highest BCUT2D eigenvalue weighted by atomic mass is 16.3. The van der Waals surface area contributed by atoms with Gasteiger partial charge in [0.25, 0.3) is 5.56 Å². The maximum absolute atomic E-state index is 11.6. The van der Waals surface area contributed by atoms with E-state index < -0.39 is 0 Å². The van der Waals surface area contributed by atoms with Crippen molar-refractivity contribution >= 4 is 5.82 Å². The van der Waals surface area contributed by atoms with Crippen molar-refractivity contribution in [3.8, 4) is 0 Å². The minimum absolute atomic E-state index is 0.0257. The molecule has 0 aliphatic rings. The van der Waals surface area contributed by atoms with Gasteiger partial charge in [0.05, 0.1) is 6.61 Å². The molecule has 0 spiro atoms. The molecule has 1 heterocycles. The average molecular weight is 197 g/mol. The zero-order chi connectivity index (χ0) is 10.6. The van der Waals surface area contributed by atoms with Gasteiger partial charge in [0.1, 0.15) is 0 Å². The predicted molar refractivity (Wildman–Crippen MR) is 54.3 cm³/mol. The van der Waals surface area contributed by atoms with Crippen molar-refractivity contribution in [1.82, 2.24) is 9.55 Å². The third-order valence-corrected chi connectivity index (χ3v) is 1.91. The molecule has 1 atom stereocenters. The van der Waals surface area contributed by atoms with Crippen molar-refractivity contribution < 1.29 is 5.11 Å². The summed E-state index contributed by atoms with van der Waals surface area (Å²) in [5.41, 5.74) is -0.157. The third-order valence-electron chi connectivity index (χ3n) is 1.91. The molecule has 1 aromatic rings. The van der Waals surface area contributed by atoms with Crippen LogP contribution >= 0.6 is 0 Å². The molecule has 14 heavy (non-hydrogen) atoms. The van der Waals surface area contributed by atoms with Crippen LogP contribution in [0.5, 0.6) is 0 Å². The van der Waals surface area contributed by atoms with Crippen LogP contribution in [0.4, 0.5) is 5.82 Å². The van der Waals surface area contributed by atoms with Gasteiger partial charge in [-0.25, -0.2) is 4.98 Å². The fourth-order valence-electron chi connectivity index (χ4n) is 1.07. The summed E-state index contributed by atoms with van der Waals surface area (Å²) in [4.78, 5) is 15.5. The lowest BCUT2D eigenvalue weighted by atomic mass is 10.3. The lowest BCUT2D eigenvalue weighted by molar-refractivity contribution is 0.281. The number of hydrogen-bond donors (Lipinski definition) is 2. The lowest BCUT2D eigenvalue weighted by Gasteiger charge is -2.11. The molecule has 0 aliphatic heterocycles. The number of aromatic nitrogens is 2. The zero-order valence-electron chi connectivity index (χ0n) is 8.40. The average Bonchev–Trinajstić information content (AvgIpc) is 2.21. The van der Waals surface area contributed by atoms with Gasteiger partial charge in [-0.2, -0.15) is 0 Å². The van der Waals surface area contributed by atoms with Crippen LogP contribution in [0.1, 0.15) is 13.8 Å². The van der Waals surface area contributed by atoms with Gasteiger partial charge in [-0.15, -0.1) is 0 Å². The Morgan fingerprint density at radius 3 is 3.00 bits per heavy atom. The lowest BCUT2D eigenvalue weighted by Crippen LogP contribution is -2.29. The van der Waals surface area contributed by atoms with E-state index in [1.807, 2.05) is 6.92 Å². The Labute approximate surface area is 82.4 Å². The third kappa shape index (κ3) is 2.32. The molecule has 1 aromatic heterocycles. The number of nitrogens with zero attached hydrogens (tertiary/aromatic N) is 2. The smallest absolute Gasteiger partial charge is 0.293 e. The second-order valence-electron chi connectivity index (χ2n) is 3.09. The maximum Gasteiger partial charge on any atom is 0.293 e. The summed E-state index contributed by atoms with van der Waals surface area (Å²) >= 11 is 0. The highest BCUT2D eigenvalue weighted by Crippen LogP contribution is 1.95. The molecule has 1 rings (SSSR count). The Morgan fingerprint density at radius 1 is 1.71 bits per heavy atom. The number of nitrogens with one attached hydrogen (secondary N) is 1. The highest BCUT2D eigenvalue weighted by molar-refractivity contribution is 5.31. The number of anilines is 1. The number of aliphatic hydroxyl groups excluding tert-OH is 1. The van der Waals surface area contributed by atoms with Gasteiger partial charge in [0, 0.05) is 25.0 Å². The summed E-state index contributed by atoms with van der Waals surface area (Å²) in [7, 11) is 0. The molecule has 0 unspecified atom stereocenters. The molecule has 0 aromatic carbocycles. The molecule has 78 valence electrons. The van der Waals surface area contributed by atoms with Crippen LogP contribution in [0.3, 0.4) is 0 Å². The molecule has 0 saturated carbocycles. The Hall–Kier alpha value is -1.36. The molecule has 0 radical (unpaired) electrons.